The van der Waals surface area contributed by atoms with Gasteiger partial charge in [0.05, 0.1) is 12.4 Å². The third-order valence-corrected chi connectivity index (χ3v) is 4.48. The van der Waals surface area contributed by atoms with E-state index >= 15 is 0 Å². The lowest BCUT2D eigenvalue weighted by atomic mass is 10.2. The van der Waals surface area contributed by atoms with Crippen molar-refractivity contribution in [1.29, 1.82) is 0 Å². The molecule has 0 fully saturated rings. The zero-order valence-corrected chi connectivity index (χ0v) is 13.5. The first-order chi connectivity index (χ1) is 10.4. The highest BCUT2D eigenvalue weighted by molar-refractivity contribution is 7.89. The SMILES string of the molecule is CCCC(NS(=O)(=O)CCCOCc1ccccc1)C(=O)O. The van der Waals surface area contributed by atoms with E-state index in [0.717, 1.165) is 5.56 Å². The molecule has 0 heterocycles. The number of benzene rings is 1. The van der Waals surface area contributed by atoms with Crippen molar-refractivity contribution < 1.29 is 23.1 Å². The molecule has 0 aromatic heterocycles. The molecule has 0 aliphatic carbocycles. The van der Waals surface area contributed by atoms with E-state index in [-0.39, 0.29) is 12.2 Å². The maximum Gasteiger partial charge on any atom is 0.321 e. The van der Waals surface area contributed by atoms with Gasteiger partial charge in [-0.3, -0.25) is 4.79 Å². The van der Waals surface area contributed by atoms with Gasteiger partial charge in [0.1, 0.15) is 6.04 Å². The maximum atomic E-state index is 11.8. The van der Waals surface area contributed by atoms with Gasteiger partial charge in [-0.1, -0.05) is 43.7 Å². The molecule has 1 aromatic rings. The summed E-state index contributed by atoms with van der Waals surface area (Å²) in [6.07, 6.45) is 1.19. The average molecular weight is 329 g/mol. The van der Waals surface area contributed by atoms with E-state index in [4.69, 9.17) is 9.84 Å². The van der Waals surface area contributed by atoms with Gasteiger partial charge in [0, 0.05) is 6.61 Å². The summed E-state index contributed by atoms with van der Waals surface area (Å²) in [5, 5.41) is 8.95. The van der Waals surface area contributed by atoms with Crippen molar-refractivity contribution in [2.24, 2.45) is 0 Å². The van der Waals surface area contributed by atoms with Crippen LogP contribution in [0.25, 0.3) is 0 Å². The molecule has 22 heavy (non-hydrogen) atoms. The van der Waals surface area contributed by atoms with E-state index in [0.29, 0.717) is 26.1 Å². The van der Waals surface area contributed by atoms with Crippen molar-refractivity contribution in [3.05, 3.63) is 35.9 Å². The molecule has 0 spiro atoms. The fraction of sp³-hybridized carbons (Fsp3) is 0.533. The molecule has 6 nitrogen and oxygen atoms in total. The van der Waals surface area contributed by atoms with Crippen LogP contribution in [-0.4, -0.2) is 37.9 Å². The lowest BCUT2D eigenvalue weighted by Crippen LogP contribution is -2.41. The lowest BCUT2D eigenvalue weighted by Gasteiger charge is -2.13. The number of carboxylic acids is 1. The topological polar surface area (TPSA) is 92.7 Å². The van der Waals surface area contributed by atoms with E-state index in [1.54, 1.807) is 0 Å². The second-order valence-electron chi connectivity index (χ2n) is 5.01. The molecular formula is C15H23NO5S. The van der Waals surface area contributed by atoms with Crippen molar-refractivity contribution >= 4 is 16.0 Å². The predicted octanol–water partition coefficient (Wildman–Crippen LogP) is 1.77. The number of nitrogens with one attached hydrogen (secondary N) is 1. The van der Waals surface area contributed by atoms with Gasteiger partial charge in [0.2, 0.25) is 10.0 Å². The van der Waals surface area contributed by atoms with E-state index in [2.05, 4.69) is 4.72 Å². The molecule has 0 radical (unpaired) electrons. The zero-order valence-electron chi connectivity index (χ0n) is 12.7. The number of hydrogen-bond donors (Lipinski definition) is 2. The minimum atomic E-state index is -3.60. The highest BCUT2D eigenvalue weighted by atomic mass is 32.2. The van der Waals surface area contributed by atoms with Crippen molar-refractivity contribution in [3.8, 4) is 0 Å². The Bertz CT molecular complexity index is 544. The van der Waals surface area contributed by atoms with Crippen LogP contribution in [0.15, 0.2) is 30.3 Å². The Balaban J connectivity index is 2.28. The monoisotopic (exact) mass is 329 g/mol. The quantitative estimate of drug-likeness (QED) is 0.604. The molecule has 0 aliphatic rings. The fourth-order valence-electron chi connectivity index (χ4n) is 1.91. The Morgan fingerprint density at radius 1 is 1.32 bits per heavy atom. The molecular weight excluding hydrogens is 306 g/mol. The second-order valence-corrected chi connectivity index (χ2v) is 6.88. The largest absolute Gasteiger partial charge is 0.480 e. The number of carboxylic acid groups (broad SMARTS) is 1. The Morgan fingerprint density at radius 2 is 2.00 bits per heavy atom. The van der Waals surface area contributed by atoms with Crippen LogP contribution < -0.4 is 4.72 Å². The van der Waals surface area contributed by atoms with Gasteiger partial charge in [-0.15, -0.1) is 0 Å². The first kappa shape index (κ1) is 18.6. The summed E-state index contributed by atoms with van der Waals surface area (Å²) in [6, 6.07) is 8.54. The molecule has 7 heteroatoms. The number of carbonyl (C=O) groups is 1. The van der Waals surface area contributed by atoms with Gasteiger partial charge < -0.3 is 9.84 Å². The fourth-order valence-corrected chi connectivity index (χ4v) is 3.18. The van der Waals surface area contributed by atoms with Crippen LogP contribution in [-0.2, 0) is 26.2 Å². The summed E-state index contributed by atoms with van der Waals surface area (Å²) >= 11 is 0. The summed E-state index contributed by atoms with van der Waals surface area (Å²) in [6.45, 7) is 2.55. The van der Waals surface area contributed by atoms with Crippen LogP contribution in [0.5, 0.6) is 0 Å². The van der Waals surface area contributed by atoms with Crippen LogP contribution in [0.2, 0.25) is 0 Å². The Labute approximate surface area is 131 Å². The molecule has 2 N–H and O–H groups in total. The van der Waals surface area contributed by atoms with Gasteiger partial charge in [-0.05, 0) is 18.4 Å². The highest BCUT2D eigenvalue weighted by Gasteiger charge is 2.22. The van der Waals surface area contributed by atoms with E-state index in [1.165, 1.54) is 0 Å². The third-order valence-electron chi connectivity index (χ3n) is 3.01. The Hall–Kier alpha value is -1.44. The lowest BCUT2D eigenvalue weighted by molar-refractivity contribution is -0.139. The number of sulfonamides is 1. The van der Waals surface area contributed by atoms with Gasteiger partial charge in [-0.2, -0.15) is 0 Å². The van der Waals surface area contributed by atoms with Gasteiger partial charge in [-0.25, -0.2) is 13.1 Å². The number of aliphatic carboxylic acids is 1. The van der Waals surface area contributed by atoms with Crippen LogP contribution in [0.1, 0.15) is 31.7 Å². The summed E-state index contributed by atoms with van der Waals surface area (Å²) in [5.41, 5.74) is 1.03. The number of hydrogen-bond acceptors (Lipinski definition) is 4. The van der Waals surface area contributed by atoms with Crippen LogP contribution in [0.3, 0.4) is 0 Å². The Morgan fingerprint density at radius 3 is 2.59 bits per heavy atom. The van der Waals surface area contributed by atoms with Gasteiger partial charge >= 0.3 is 5.97 Å². The van der Waals surface area contributed by atoms with Gasteiger partial charge in [0.25, 0.3) is 0 Å². The molecule has 0 aliphatic heterocycles. The number of rotatable bonds is 11. The summed E-state index contributed by atoms with van der Waals surface area (Å²) < 4.78 is 31.3. The molecule has 1 atom stereocenters. The molecule has 0 saturated carbocycles. The molecule has 1 unspecified atom stereocenters. The summed E-state index contributed by atoms with van der Waals surface area (Å²) in [4.78, 5) is 10.9. The Kier molecular flexibility index (Phi) is 8.08. The smallest absolute Gasteiger partial charge is 0.321 e. The molecule has 1 rings (SSSR count). The standard InChI is InChI=1S/C15H23NO5S/c1-2-7-14(15(17)18)16-22(19,20)11-6-10-21-12-13-8-4-3-5-9-13/h3-5,8-9,14,16H,2,6-7,10-12H2,1H3,(H,17,18). The summed E-state index contributed by atoms with van der Waals surface area (Å²) in [7, 11) is -3.60. The number of ether oxygens (including phenoxy) is 1. The minimum Gasteiger partial charge on any atom is -0.480 e. The molecule has 124 valence electrons. The van der Waals surface area contributed by atoms with E-state index in [1.807, 2.05) is 37.3 Å². The first-order valence-corrected chi connectivity index (χ1v) is 8.94. The van der Waals surface area contributed by atoms with Crippen LogP contribution in [0, 0.1) is 0 Å². The molecule has 0 saturated heterocycles. The molecule has 0 bridgehead atoms. The highest BCUT2D eigenvalue weighted by Crippen LogP contribution is 2.03. The second kappa shape index (κ2) is 9.55. The average Bonchev–Trinajstić information content (AvgIpc) is 2.47. The molecule has 0 amide bonds. The van der Waals surface area contributed by atoms with Gasteiger partial charge in [0.15, 0.2) is 0 Å². The van der Waals surface area contributed by atoms with Crippen LogP contribution >= 0.6 is 0 Å². The minimum absolute atomic E-state index is 0.144. The first-order valence-electron chi connectivity index (χ1n) is 7.29. The van der Waals surface area contributed by atoms with Crippen molar-refractivity contribution in [2.75, 3.05) is 12.4 Å². The third kappa shape index (κ3) is 7.53. The van der Waals surface area contributed by atoms with Crippen molar-refractivity contribution in [1.82, 2.24) is 4.72 Å². The van der Waals surface area contributed by atoms with Crippen LogP contribution in [0.4, 0.5) is 0 Å². The summed E-state index contributed by atoms with van der Waals surface area (Å²) in [5.74, 6) is -1.29. The van der Waals surface area contributed by atoms with E-state index < -0.39 is 22.0 Å². The normalized spacial score (nSPS) is 13.0. The maximum absolute atomic E-state index is 11.8. The zero-order chi connectivity index (χ0) is 16.4. The van der Waals surface area contributed by atoms with E-state index in [9.17, 15) is 13.2 Å². The molecule has 1 aromatic carbocycles. The van der Waals surface area contributed by atoms with Crippen molar-refractivity contribution in [3.63, 3.8) is 0 Å². The predicted molar refractivity (Wildman–Crippen MR) is 84.0 cm³/mol. The van der Waals surface area contributed by atoms with Crippen molar-refractivity contribution in [2.45, 2.75) is 38.8 Å².